The van der Waals surface area contributed by atoms with Crippen LogP contribution < -0.4 is 10.6 Å². The zero-order valence-corrected chi connectivity index (χ0v) is 15.9. The van der Waals surface area contributed by atoms with Crippen LogP contribution in [0.1, 0.15) is 31.2 Å². The second-order valence-corrected chi connectivity index (χ2v) is 8.96. The summed E-state index contributed by atoms with van der Waals surface area (Å²) in [5, 5.41) is 5.76. The number of carbonyl (C=O) groups is 2. The molecule has 0 spiro atoms. The molecule has 0 atom stereocenters. The van der Waals surface area contributed by atoms with Crippen LogP contribution in [0.5, 0.6) is 0 Å². The molecule has 7 nitrogen and oxygen atoms in total. The molecule has 1 aromatic carbocycles. The highest BCUT2D eigenvalue weighted by atomic mass is 32.2. The van der Waals surface area contributed by atoms with Crippen molar-refractivity contribution in [3.8, 4) is 0 Å². The lowest BCUT2D eigenvalue weighted by molar-refractivity contribution is -0.121. The molecular weight excluding hydrogens is 373 g/mol. The van der Waals surface area contributed by atoms with Gasteiger partial charge in [0.05, 0.1) is 11.4 Å². The van der Waals surface area contributed by atoms with Gasteiger partial charge in [-0.3, -0.25) is 9.59 Å². The van der Waals surface area contributed by atoms with E-state index in [2.05, 4.69) is 10.6 Å². The zero-order valence-electron chi connectivity index (χ0n) is 15.0. The van der Waals surface area contributed by atoms with Crippen LogP contribution in [-0.2, 0) is 25.4 Å². The number of rotatable bonds is 5. The lowest BCUT2D eigenvalue weighted by Crippen LogP contribution is -2.39. The molecule has 0 radical (unpaired) electrons. The van der Waals surface area contributed by atoms with Gasteiger partial charge in [0.2, 0.25) is 15.9 Å². The molecule has 2 aliphatic rings. The fourth-order valence-corrected chi connectivity index (χ4v) is 4.95. The fourth-order valence-electron chi connectivity index (χ4n) is 3.41. The largest absolute Gasteiger partial charge is 0.323 e. The van der Waals surface area contributed by atoms with E-state index >= 15 is 0 Å². The van der Waals surface area contributed by atoms with Crippen molar-refractivity contribution < 1.29 is 22.4 Å². The maximum atomic E-state index is 14.8. The molecule has 2 fully saturated rings. The van der Waals surface area contributed by atoms with E-state index in [9.17, 15) is 22.4 Å². The number of amides is 1. The van der Waals surface area contributed by atoms with Crippen LogP contribution in [0.15, 0.2) is 18.2 Å². The Morgan fingerprint density at radius 1 is 1.22 bits per heavy atom. The molecule has 0 aromatic heterocycles. The minimum Gasteiger partial charge on any atom is -0.323 e. The summed E-state index contributed by atoms with van der Waals surface area (Å²) in [6.07, 6.45) is 1.76. The minimum atomic E-state index is -3.73. The van der Waals surface area contributed by atoms with Crippen LogP contribution in [0.4, 0.5) is 10.1 Å². The maximum absolute atomic E-state index is 14.8. The molecule has 27 heavy (non-hydrogen) atoms. The van der Waals surface area contributed by atoms with Crippen molar-refractivity contribution >= 4 is 27.4 Å². The molecule has 2 heterocycles. The van der Waals surface area contributed by atoms with E-state index in [0.29, 0.717) is 12.8 Å². The highest BCUT2D eigenvalue weighted by molar-refractivity contribution is 7.88. The Hall–Kier alpha value is -1.84. The smallest absolute Gasteiger partial charge is 0.227 e. The van der Waals surface area contributed by atoms with Gasteiger partial charge in [0.15, 0.2) is 5.82 Å². The predicted octanol–water partition coefficient (Wildman–Crippen LogP) is 1.26. The number of hydrogen-bond acceptors (Lipinski definition) is 5. The van der Waals surface area contributed by atoms with Crippen molar-refractivity contribution in [2.75, 3.05) is 31.5 Å². The topological polar surface area (TPSA) is 95.6 Å². The first-order valence-corrected chi connectivity index (χ1v) is 10.8. The summed E-state index contributed by atoms with van der Waals surface area (Å²) in [6, 6.07) is 4.37. The quantitative estimate of drug-likeness (QED) is 0.780. The molecule has 2 saturated heterocycles. The molecule has 1 aromatic rings. The van der Waals surface area contributed by atoms with E-state index in [4.69, 9.17) is 0 Å². The summed E-state index contributed by atoms with van der Waals surface area (Å²) in [5.74, 6) is -1.61. The zero-order chi connectivity index (χ0) is 19.4. The SMILES string of the molecule is O=C1CCN(S(=O)(=O)Cc2cccc(NC(=O)C3CCNCC3)c2F)CC1. The molecule has 3 rings (SSSR count). The number of hydrogen-bond donors (Lipinski definition) is 2. The summed E-state index contributed by atoms with van der Waals surface area (Å²) in [6.45, 7) is 1.76. The lowest BCUT2D eigenvalue weighted by Gasteiger charge is -2.25. The molecule has 1 amide bonds. The van der Waals surface area contributed by atoms with Gasteiger partial charge in [-0.05, 0) is 32.0 Å². The normalized spacial score (nSPS) is 19.8. The third kappa shape index (κ3) is 4.91. The van der Waals surface area contributed by atoms with Crippen LogP contribution >= 0.6 is 0 Å². The summed E-state index contributed by atoms with van der Waals surface area (Å²) in [4.78, 5) is 23.6. The number of sulfonamides is 1. The van der Waals surface area contributed by atoms with Crippen molar-refractivity contribution in [1.29, 1.82) is 0 Å². The summed E-state index contributed by atoms with van der Waals surface area (Å²) in [7, 11) is -3.73. The minimum absolute atomic E-state index is 0.0000505. The van der Waals surface area contributed by atoms with Crippen molar-refractivity contribution in [3.05, 3.63) is 29.6 Å². The van der Waals surface area contributed by atoms with Crippen LogP contribution in [0.2, 0.25) is 0 Å². The number of anilines is 1. The maximum Gasteiger partial charge on any atom is 0.227 e. The molecule has 9 heteroatoms. The summed E-state index contributed by atoms with van der Waals surface area (Å²) in [5.41, 5.74) is 0.00932. The predicted molar refractivity (Wildman–Crippen MR) is 99.1 cm³/mol. The Kier molecular flexibility index (Phi) is 6.23. The molecule has 0 bridgehead atoms. The molecular formula is C18H24FN3O4S. The van der Waals surface area contributed by atoms with E-state index in [0.717, 1.165) is 13.1 Å². The standard InChI is InChI=1S/C18H24FN3O4S/c19-17-14(12-27(25,26)22-10-6-15(23)7-11-22)2-1-3-16(17)21-18(24)13-4-8-20-9-5-13/h1-3,13,20H,4-12H2,(H,21,24). The summed E-state index contributed by atoms with van der Waals surface area (Å²) < 4.78 is 41.1. The second-order valence-electron chi connectivity index (χ2n) is 6.99. The van der Waals surface area contributed by atoms with E-state index in [1.54, 1.807) is 0 Å². The number of piperidine rings is 2. The Balaban J connectivity index is 1.70. The van der Waals surface area contributed by atoms with Gasteiger partial charge >= 0.3 is 0 Å². The van der Waals surface area contributed by atoms with Crippen LogP contribution in [-0.4, -0.2) is 50.6 Å². The van der Waals surface area contributed by atoms with Crippen molar-refractivity contribution in [2.24, 2.45) is 5.92 Å². The van der Waals surface area contributed by atoms with Crippen LogP contribution in [0.25, 0.3) is 0 Å². The van der Waals surface area contributed by atoms with Gasteiger partial charge in [0, 0.05) is 37.4 Å². The van der Waals surface area contributed by atoms with Gasteiger partial charge in [-0.15, -0.1) is 0 Å². The van der Waals surface area contributed by atoms with Gasteiger partial charge in [-0.25, -0.2) is 17.1 Å². The van der Waals surface area contributed by atoms with Crippen molar-refractivity contribution in [1.82, 2.24) is 9.62 Å². The number of nitrogens with one attached hydrogen (secondary N) is 2. The Morgan fingerprint density at radius 2 is 1.89 bits per heavy atom. The van der Waals surface area contributed by atoms with Crippen molar-refractivity contribution in [3.63, 3.8) is 0 Å². The monoisotopic (exact) mass is 397 g/mol. The van der Waals surface area contributed by atoms with E-state index < -0.39 is 21.6 Å². The van der Waals surface area contributed by atoms with Gasteiger partial charge < -0.3 is 10.6 Å². The number of halogens is 1. The number of ketones is 1. The van der Waals surface area contributed by atoms with Gasteiger partial charge in [0.25, 0.3) is 0 Å². The first-order valence-electron chi connectivity index (χ1n) is 9.15. The first kappa shape index (κ1) is 19.9. The van der Waals surface area contributed by atoms with Gasteiger partial charge in [0.1, 0.15) is 5.78 Å². The van der Waals surface area contributed by atoms with E-state index in [-0.39, 0.29) is 54.8 Å². The average molecular weight is 397 g/mol. The average Bonchev–Trinajstić information content (AvgIpc) is 2.66. The van der Waals surface area contributed by atoms with E-state index in [1.807, 2.05) is 0 Å². The number of Topliss-reactive ketones (excluding diaryl/α,β-unsaturated/α-hetero) is 1. The molecule has 0 aliphatic carbocycles. The molecule has 2 N–H and O–H groups in total. The first-order chi connectivity index (χ1) is 12.9. The van der Waals surface area contributed by atoms with E-state index in [1.165, 1.54) is 22.5 Å². The molecule has 148 valence electrons. The number of nitrogens with zero attached hydrogens (tertiary/aromatic N) is 1. The molecule has 0 saturated carbocycles. The molecule has 2 aliphatic heterocycles. The third-order valence-electron chi connectivity index (χ3n) is 5.06. The van der Waals surface area contributed by atoms with Crippen molar-refractivity contribution in [2.45, 2.75) is 31.4 Å². The number of carbonyl (C=O) groups excluding carboxylic acids is 2. The Morgan fingerprint density at radius 3 is 2.56 bits per heavy atom. The third-order valence-corrected chi connectivity index (χ3v) is 6.89. The van der Waals surface area contributed by atoms with Gasteiger partial charge in [-0.1, -0.05) is 12.1 Å². The molecule has 0 unspecified atom stereocenters. The lowest BCUT2D eigenvalue weighted by atomic mass is 9.97. The highest BCUT2D eigenvalue weighted by Crippen LogP contribution is 2.24. The highest BCUT2D eigenvalue weighted by Gasteiger charge is 2.28. The second kappa shape index (κ2) is 8.45. The van der Waals surface area contributed by atoms with Crippen LogP contribution in [0, 0.1) is 11.7 Å². The Labute approximate surface area is 158 Å². The van der Waals surface area contributed by atoms with Crippen LogP contribution in [0.3, 0.4) is 0 Å². The summed E-state index contributed by atoms with van der Waals surface area (Å²) >= 11 is 0. The van der Waals surface area contributed by atoms with Gasteiger partial charge in [-0.2, -0.15) is 0 Å². The number of benzene rings is 1. The fraction of sp³-hybridized carbons (Fsp3) is 0.556. The Bertz CT molecular complexity index is 812.